The molecule has 0 amide bonds. The van der Waals surface area contributed by atoms with Crippen LogP contribution in [0, 0.1) is 5.92 Å². The maximum Gasteiger partial charge on any atom is 0.0620 e. The number of rotatable bonds is 5. The molecule has 1 N–H and O–H groups in total. The Morgan fingerprint density at radius 3 is 3.18 bits per heavy atom. The van der Waals surface area contributed by atoms with E-state index in [9.17, 15) is 0 Å². The second-order valence-electron chi connectivity index (χ2n) is 5.28. The molecule has 17 heavy (non-hydrogen) atoms. The number of hydrogen-bond acceptors (Lipinski definition) is 4. The van der Waals surface area contributed by atoms with Crippen molar-refractivity contribution >= 4 is 0 Å². The van der Waals surface area contributed by atoms with Crippen molar-refractivity contribution in [3.63, 3.8) is 0 Å². The molecule has 2 aliphatic rings. The SMILES string of the molecule is COCC1CCCN(CCC2COCCN2)C1. The number of ether oxygens (including phenoxy) is 2. The second-order valence-corrected chi connectivity index (χ2v) is 5.28. The Kier molecular flexibility index (Phi) is 5.71. The third kappa shape index (κ3) is 4.54. The lowest BCUT2D eigenvalue weighted by molar-refractivity contribution is 0.0605. The predicted molar refractivity (Wildman–Crippen MR) is 68.3 cm³/mol. The number of nitrogens with one attached hydrogen (secondary N) is 1. The van der Waals surface area contributed by atoms with Crippen LogP contribution >= 0.6 is 0 Å². The lowest BCUT2D eigenvalue weighted by Gasteiger charge is -2.34. The topological polar surface area (TPSA) is 33.7 Å². The summed E-state index contributed by atoms with van der Waals surface area (Å²) in [4.78, 5) is 2.59. The van der Waals surface area contributed by atoms with E-state index in [1.54, 1.807) is 0 Å². The van der Waals surface area contributed by atoms with Crippen molar-refractivity contribution in [1.82, 2.24) is 10.2 Å². The van der Waals surface area contributed by atoms with Gasteiger partial charge in [0.1, 0.15) is 0 Å². The number of methoxy groups -OCH3 is 1. The molecule has 2 rings (SSSR count). The molecule has 0 saturated carbocycles. The van der Waals surface area contributed by atoms with Crippen LogP contribution < -0.4 is 5.32 Å². The Balaban J connectivity index is 1.64. The molecule has 2 atom stereocenters. The van der Waals surface area contributed by atoms with Crippen molar-refractivity contribution in [2.24, 2.45) is 5.92 Å². The van der Waals surface area contributed by atoms with Crippen LogP contribution in [0.15, 0.2) is 0 Å². The van der Waals surface area contributed by atoms with Gasteiger partial charge in [0.2, 0.25) is 0 Å². The highest BCUT2D eigenvalue weighted by molar-refractivity contribution is 4.76. The summed E-state index contributed by atoms with van der Waals surface area (Å²) in [5.74, 6) is 0.740. The van der Waals surface area contributed by atoms with Gasteiger partial charge in [-0.3, -0.25) is 0 Å². The number of likely N-dealkylation sites (tertiary alicyclic amines) is 1. The first-order chi connectivity index (χ1) is 8.38. The maximum atomic E-state index is 5.48. The van der Waals surface area contributed by atoms with Gasteiger partial charge in [-0.25, -0.2) is 0 Å². The molecule has 2 heterocycles. The van der Waals surface area contributed by atoms with Gasteiger partial charge < -0.3 is 19.7 Å². The van der Waals surface area contributed by atoms with E-state index in [-0.39, 0.29) is 0 Å². The highest BCUT2D eigenvalue weighted by Gasteiger charge is 2.21. The molecule has 2 unspecified atom stereocenters. The summed E-state index contributed by atoms with van der Waals surface area (Å²) in [5.41, 5.74) is 0. The minimum atomic E-state index is 0.562. The first kappa shape index (κ1) is 13.3. The van der Waals surface area contributed by atoms with Crippen LogP contribution in [0.3, 0.4) is 0 Å². The minimum absolute atomic E-state index is 0.562. The summed E-state index contributed by atoms with van der Waals surface area (Å²) in [5, 5.41) is 3.52. The van der Waals surface area contributed by atoms with Gasteiger partial charge in [0, 0.05) is 26.2 Å². The first-order valence-corrected chi connectivity index (χ1v) is 6.91. The van der Waals surface area contributed by atoms with E-state index < -0.39 is 0 Å². The first-order valence-electron chi connectivity index (χ1n) is 6.91. The predicted octanol–water partition coefficient (Wildman–Crippen LogP) is 0.723. The summed E-state index contributed by atoms with van der Waals surface area (Å²) in [6.07, 6.45) is 3.86. The van der Waals surface area contributed by atoms with Gasteiger partial charge in [-0.1, -0.05) is 0 Å². The second kappa shape index (κ2) is 7.31. The molecule has 0 aliphatic carbocycles. The molecule has 2 saturated heterocycles. The average Bonchev–Trinajstić information content (AvgIpc) is 2.39. The van der Waals surface area contributed by atoms with Crippen LogP contribution in [0.1, 0.15) is 19.3 Å². The van der Waals surface area contributed by atoms with Crippen molar-refractivity contribution < 1.29 is 9.47 Å². The third-order valence-electron chi connectivity index (χ3n) is 3.80. The molecule has 2 fully saturated rings. The fourth-order valence-corrected chi connectivity index (χ4v) is 2.87. The van der Waals surface area contributed by atoms with E-state index >= 15 is 0 Å². The molecule has 4 nitrogen and oxygen atoms in total. The summed E-state index contributed by atoms with van der Waals surface area (Å²) in [7, 11) is 1.81. The molecule has 4 heteroatoms. The minimum Gasteiger partial charge on any atom is -0.384 e. The highest BCUT2D eigenvalue weighted by Crippen LogP contribution is 2.17. The van der Waals surface area contributed by atoms with Crippen LogP contribution in [-0.4, -0.2) is 64.1 Å². The third-order valence-corrected chi connectivity index (χ3v) is 3.80. The van der Waals surface area contributed by atoms with E-state index in [0.717, 1.165) is 32.3 Å². The number of hydrogen-bond donors (Lipinski definition) is 1. The number of morpholine rings is 1. The van der Waals surface area contributed by atoms with E-state index in [1.165, 1.54) is 38.9 Å². The van der Waals surface area contributed by atoms with Crippen molar-refractivity contribution in [3.05, 3.63) is 0 Å². The maximum absolute atomic E-state index is 5.48. The van der Waals surface area contributed by atoms with Gasteiger partial charge in [-0.05, 0) is 38.3 Å². The van der Waals surface area contributed by atoms with Crippen molar-refractivity contribution in [2.45, 2.75) is 25.3 Å². The molecule has 0 aromatic heterocycles. The zero-order valence-electron chi connectivity index (χ0n) is 11.0. The van der Waals surface area contributed by atoms with Gasteiger partial charge in [-0.15, -0.1) is 0 Å². The van der Waals surface area contributed by atoms with E-state index in [4.69, 9.17) is 9.47 Å². The Labute approximate surface area is 105 Å². The van der Waals surface area contributed by atoms with Crippen LogP contribution in [-0.2, 0) is 9.47 Å². The van der Waals surface area contributed by atoms with E-state index in [0.29, 0.717) is 6.04 Å². The fourth-order valence-electron chi connectivity index (χ4n) is 2.87. The highest BCUT2D eigenvalue weighted by atomic mass is 16.5. The van der Waals surface area contributed by atoms with Gasteiger partial charge in [0.05, 0.1) is 19.8 Å². The fraction of sp³-hybridized carbons (Fsp3) is 1.00. The lowest BCUT2D eigenvalue weighted by Crippen LogP contribution is -2.45. The monoisotopic (exact) mass is 242 g/mol. The van der Waals surface area contributed by atoms with Gasteiger partial charge in [-0.2, -0.15) is 0 Å². The van der Waals surface area contributed by atoms with Crippen LogP contribution in [0.2, 0.25) is 0 Å². The summed E-state index contributed by atoms with van der Waals surface area (Å²) < 4.78 is 10.7. The van der Waals surface area contributed by atoms with Gasteiger partial charge in [0.15, 0.2) is 0 Å². The van der Waals surface area contributed by atoms with Crippen LogP contribution in [0.25, 0.3) is 0 Å². The van der Waals surface area contributed by atoms with Crippen molar-refractivity contribution in [3.8, 4) is 0 Å². The quantitative estimate of drug-likeness (QED) is 0.770. The summed E-state index contributed by atoms with van der Waals surface area (Å²) in [6, 6.07) is 0.562. The lowest BCUT2D eigenvalue weighted by atomic mass is 9.98. The molecule has 100 valence electrons. The Bertz CT molecular complexity index is 206. The van der Waals surface area contributed by atoms with Gasteiger partial charge in [0.25, 0.3) is 0 Å². The Hall–Kier alpha value is -0.160. The molecular weight excluding hydrogens is 216 g/mol. The smallest absolute Gasteiger partial charge is 0.0620 e. The zero-order valence-corrected chi connectivity index (χ0v) is 11.0. The average molecular weight is 242 g/mol. The van der Waals surface area contributed by atoms with Crippen LogP contribution in [0.5, 0.6) is 0 Å². The molecule has 0 radical (unpaired) electrons. The molecule has 2 aliphatic heterocycles. The largest absolute Gasteiger partial charge is 0.384 e. The van der Waals surface area contributed by atoms with E-state index in [1.807, 2.05) is 7.11 Å². The van der Waals surface area contributed by atoms with Crippen molar-refractivity contribution in [2.75, 3.05) is 53.1 Å². The van der Waals surface area contributed by atoms with Crippen LogP contribution in [0.4, 0.5) is 0 Å². The Morgan fingerprint density at radius 1 is 1.47 bits per heavy atom. The van der Waals surface area contributed by atoms with Gasteiger partial charge >= 0.3 is 0 Å². The molecular formula is C13H26N2O2. The normalized spacial score (nSPS) is 31.6. The standard InChI is InChI=1S/C13H26N2O2/c1-16-10-12-3-2-6-15(9-12)7-4-13-11-17-8-5-14-13/h12-14H,2-11H2,1H3. The molecule has 0 aromatic carbocycles. The summed E-state index contributed by atoms with van der Waals surface area (Å²) >= 11 is 0. The Morgan fingerprint density at radius 2 is 2.41 bits per heavy atom. The number of piperidine rings is 1. The zero-order chi connectivity index (χ0) is 11.9. The molecule has 0 aromatic rings. The summed E-state index contributed by atoms with van der Waals surface area (Å²) in [6.45, 7) is 7.35. The molecule has 0 bridgehead atoms. The van der Waals surface area contributed by atoms with E-state index in [2.05, 4.69) is 10.2 Å². The van der Waals surface area contributed by atoms with Crippen molar-refractivity contribution in [1.29, 1.82) is 0 Å². The number of nitrogens with zero attached hydrogens (tertiary/aromatic N) is 1. The molecule has 0 spiro atoms.